The number of anilines is 2. The Balaban J connectivity index is 1.53. The van der Waals surface area contributed by atoms with Gasteiger partial charge in [0, 0.05) is 50.0 Å². The number of hydrogen-bond donors (Lipinski definition) is 2. The summed E-state index contributed by atoms with van der Waals surface area (Å²) in [6.07, 6.45) is -3.56. The van der Waals surface area contributed by atoms with Crippen LogP contribution in [0, 0.1) is 22.7 Å². The Morgan fingerprint density at radius 3 is 2.40 bits per heavy atom. The van der Waals surface area contributed by atoms with E-state index in [0.29, 0.717) is 43.9 Å². The number of carbonyl (C=O) groups is 2. The Bertz CT molecular complexity index is 1140. The molecule has 10 heteroatoms. The highest BCUT2D eigenvalue weighted by Crippen LogP contribution is 2.47. The maximum Gasteiger partial charge on any atom is 0.417 e. The largest absolute Gasteiger partial charge is 0.417 e. The molecule has 7 nitrogen and oxygen atoms in total. The predicted molar refractivity (Wildman–Crippen MR) is 125 cm³/mol. The van der Waals surface area contributed by atoms with Gasteiger partial charge in [-0.1, -0.05) is 18.2 Å². The van der Waals surface area contributed by atoms with Gasteiger partial charge >= 0.3 is 12.2 Å². The number of hydrogen-bond acceptors (Lipinski definition) is 4. The van der Waals surface area contributed by atoms with Crippen LogP contribution >= 0.6 is 0 Å². The predicted octanol–water partition coefficient (Wildman–Crippen LogP) is 4.07. The smallest absolute Gasteiger partial charge is 0.370 e. The summed E-state index contributed by atoms with van der Waals surface area (Å²) in [4.78, 5) is 29.0. The Hall–Kier alpha value is -3.74. The SMILES string of the molecule is CNC(=O)C1CN(c2ccc(C#N)c(C(F)(F)F)c2)CC12CCN(C(=O)Nc1ccccc1)CC2. The number of benzene rings is 2. The van der Waals surface area contributed by atoms with Crippen molar-refractivity contribution in [3.05, 3.63) is 59.7 Å². The number of piperidine rings is 1. The molecule has 2 aliphatic heterocycles. The van der Waals surface area contributed by atoms with Crippen LogP contribution in [0.25, 0.3) is 0 Å². The van der Waals surface area contributed by atoms with Crippen LogP contribution < -0.4 is 15.5 Å². The molecule has 2 aliphatic rings. The average molecular weight is 486 g/mol. The second kappa shape index (κ2) is 9.49. The Morgan fingerprint density at radius 2 is 1.80 bits per heavy atom. The van der Waals surface area contributed by atoms with Crippen LogP contribution in [0.2, 0.25) is 0 Å². The summed E-state index contributed by atoms with van der Waals surface area (Å²) in [5.74, 6) is -0.601. The lowest BCUT2D eigenvalue weighted by atomic mass is 9.70. The van der Waals surface area contributed by atoms with Gasteiger partial charge in [-0.3, -0.25) is 4.79 Å². The molecule has 0 bridgehead atoms. The van der Waals surface area contributed by atoms with Gasteiger partial charge in [-0.05, 0) is 43.2 Å². The van der Waals surface area contributed by atoms with E-state index >= 15 is 0 Å². The molecular formula is C25H26F3N5O2. The van der Waals surface area contributed by atoms with E-state index in [0.717, 1.165) is 6.07 Å². The summed E-state index contributed by atoms with van der Waals surface area (Å²) in [6.45, 7) is 1.52. The zero-order valence-corrected chi connectivity index (χ0v) is 19.2. The van der Waals surface area contributed by atoms with Crippen LogP contribution in [0.4, 0.5) is 29.3 Å². The number of para-hydroxylation sites is 1. The normalized spacial score (nSPS) is 19.3. The molecule has 2 N–H and O–H groups in total. The minimum Gasteiger partial charge on any atom is -0.370 e. The molecule has 2 heterocycles. The maximum atomic E-state index is 13.5. The van der Waals surface area contributed by atoms with Crippen LogP contribution in [0.5, 0.6) is 0 Å². The van der Waals surface area contributed by atoms with Crippen molar-refractivity contribution in [2.45, 2.75) is 19.0 Å². The zero-order chi connectivity index (χ0) is 25.2. The number of nitrogens with zero attached hydrogens (tertiary/aromatic N) is 3. The lowest BCUT2D eigenvalue weighted by Gasteiger charge is -2.41. The number of alkyl halides is 3. The maximum absolute atomic E-state index is 13.5. The fourth-order valence-electron chi connectivity index (χ4n) is 5.15. The van der Waals surface area contributed by atoms with Gasteiger partial charge in [0.1, 0.15) is 0 Å². The van der Waals surface area contributed by atoms with Gasteiger partial charge in [-0.25, -0.2) is 4.79 Å². The van der Waals surface area contributed by atoms with E-state index in [9.17, 15) is 22.8 Å². The summed E-state index contributed by atoms with van der Waals surface area (Å²) in [6, 6.07) is 14.1. The first-order valence-electron chi connectivity index (χ1n) is 11.4. The number of rotatable bonds is 3. The highest BCUT2D eigenvalue weighted by Gasteiger charge is 2.51. The molecule has 0 saturated carbocycles. The third-order valence-electron chi connectivity index (χ3n) is 7.08. The van der Waals surface area contributed by atoms with Crippen molar-refractivity contribution < 1.29 is 22.8 Å². The van der Waals surface area contributed by atoms with Crippen molar-refractivity contribution in [2.75, 3.05) is 43.4 Å². The molecule has 2 saturated heterocycles. The van der Waals surface area contributed by atoms with E-state index in [-0.39, 0.29) is 18.5 Å². The number of amides is 3. The molecule has 0 radical (unpaired) electrons. The lowest BCUT2D eigenvalue weighted by Crippen LogP contribution is -2.50. The standard InChI is InChI=1S/C25H26F3N5O2/c1-30-22(34)21-15-33(19-8-7-17(14-29)20(13-19)25(26,27)28)16-24(21)9-11-32(12-10-24)23(35)31-18-5-3-2-4-6-18/h2-8,13,21H,9-12,15-16H2,1H3,(H,30,34)(H,31,35). The first kappa shape index (κ1) is 24.4. The second-order valence-electron chi connectivity index (χ2n) is 9.03. The Morgan fingerprint density at radius 1 is 1.11 bits per heavy atom. The number of likely N-dealkylation sites (tertiary alicyclic amines) is 1. The summed E-state index contributed by atoms with van der Waals surface area (Å²) >= 11 is 0. The topological polar surface area (TPSA) is 88.5 Å². The Labute approximate surface area is 201 Å². The Kier molecular flexibility index (Phi) is 6.61. The number of halogens is 3. The molecule has 3 amide bonds. The van der Waals surface area contributed by atoms with Crippen molar-refractivity contribution in [1.29, 1.82) is 5.26 Å². The quantitative estimate of drug-likeness (QED) is 0.686. The van der Waals surface area contributed by atoms with E-state index in [1.54, 1.807) is 35.0 Å². The molecule has 0 aromatic heterocycles. The van der Waals surface area contributed by atoms with Gasteiger partial charge < -0.3 is 20.4 Å². The number of nitrogens with one attached hydrogen (secondary N) is 2. The number of urea groups is 1. The van der Waals surface area contributed by atoms with Gasteiger partial charge in [0.25, 0.3) is 0 Å². The van der Waals surface area contributed by atoms with Gasteiger partial charge in [0.05, 0.1) is 23.1 Å². The van der Waals surface area contributed by atoms with Crippen LogP contribution in [0.3, 0.4) is 0 Å². The lowest BCUT2D eigenvalue weighted by molar-refractivity contribution is -0.137. The van der Waals surface area contributed by atoms with Gasteiger partial charge in [-0.15, -0.1) is 0 Å². The molecule has 1 unspecified atom stereocenters. The molecule has 2 aromatic carbocycles. The highest BCUT2D eigenvalue weighted by atomic mass is 19.4. The van der Waals surface area contributed by atoms with Crippen LogP contribution in [-0.2, 0) is 11.0 Å². The second-order valence-corrected chi connectivity index (χ2v) is 9.03. The van der Waals surface area contributed by atoms with E-state index in [1.807, 2.05) is 18.2 Å². The molecule has 0 aliphatic carbocycles. The molecule has 4 rings (SSSR count). The van der Waals surface area contributed by atoms with E-state index in [2.05, 4.69) is 10.6 Å². The summed E-state index contributed by atoms with van der Waals surface area (Å²) in [5.41, 5.74) is -0.880. The van der Waals surface area contributed by atoms with E-state index < -0.39 is 28.6 Å². The number of carbonyl (C=O) groups excluding carboxylic acids is 2. The number of nitriles is 1. The first-order valence-corrected chi connectivity index (χ1v) is 11.4. The molecule has 35 heavy (non-hydrogen) atoms. The van der Waals surface area contributed by atoms with Crippen LogP contribution in [-0.4, -0.2) is 50.1 Å². The van der Waals surface area contributed by atoms with Crippen molar-refractivity contribution >= 4 is 23.3 Å². The first-order chi connectivity index (χ1) is 16.7. The summed E-state index contributed by atoms with van der Waals surface area (Å²) < 4.78 is 40.5. The van der Waals surface area contributed by atoms with E-state index in [4.69, 9.17) is 5.26 Å². The minimum absolute atomic E-state index is 0.167. The third kappa shape index (κ3) is 4.90. The zero-order valence-electron chi connectivity index (χ0n) is 19.2. The van der Waals surface area contributed by atoms with Crippen molar-refractivity contribution in [1.82, 2.24) is 10.2 Å². The monoisotopic (exact) mass is 485 g/mol. The third-order valence-corrected chi connectivity index (χ3v) is 7.08. The fraction of sp³-hybridized carbons (Fsp3) is 0.400. The molecule has 2 fully saturated rings. The summed E-state index contributed by atoms with van der Waals surface area (Å²) in [5, 5.41) is 14.6. The molecule has 1 atom stereocenters. The molecular weight excluding hydrogens is 459 g/mol. The van der Waals surface area contributed by atoms with E-state index in [1.165, 1.54) is 12.1 Å². The average Bonchev–Trinajstić information content (AvgIpc) is 3.22. The molecule has 184 valence electrons. The van der Waals surface area contributed by atoms with Crippen LogP contribution in [0.1, 0.15) is 24.0 Å². The minimum atomic E-state index is -4.66. The van der Waals surface area contributed by atoms with Gasteiger partial charge in [-0.2, -0.15) is 18.4 Å². The van der Waals surface area contributed by atoms with Crippen molar-refractivity contribution in [3.8, 4) is 6.07 Å². The highest BCUT2D eigenvalue weighted by molar-refractivity contribution is 5.89. The molecule has 1 spiro atoms. The fourth-order valence-corrected chi connectivity index (χ4v) is 5.15. The van der Waals surface area contributed by atoms with Crippen molar-refractivity contribution in [3.63, 3.8) is 0 Å². The van der Waals surface area contributed by atoms with Crippen molar-refractivity contribution in [2.24, 2.45) is 11.3 Å². The molecule has 2 aromatic rings. The van der Waals surface area contributed by atoms with Crippen LogP contribution in [0.15, 0.2) is 48.5 Å². The van der Waals surface area contributed by atoms with Gasteiger partial charge in [0.2, 0.25) is 5.91 Å². The summed E-state index contributed by atoms with van der Waals surface area (Å²) in [7, 11) is 1.55. The van der Waals surface area contributed by atoms with Gasteiger partial charge in [0.15, 0.2) is 0 Å².